The van der Waals surface area contributed by atoms with Crippen molar-refractivity contribution < 1.29 is 9.26 Å². The summed E-state index contributed by atoms with van der Waals surface area (Å²) in [5.41, 5.74) is 4.68. The molecule has 3 heterocycles. The predicted molar refractivity (Wildman–Crippen MR) is 129 cm³/mol. The predicted octanol–water partition coefficient (Wildman–Crippen LogP) is 5.39. The molecule has 2 aromatic heterocycles. The molecule has 1 saturated carbocycles. The van der Waals surface area contributed by atoms with E-state index in [4.69, 9.17) is 26.0 Å². The van der Waals surface area contributed by atoms with Crippen LogP contribution in [0.25, 0.3) is 0 Å². The van der Waals surface area contributed by atoms with Gasteiger partial charge in [0, 0.05) is 48.4 Å². The monoisotopic (exact) mass is 468 g/mol. The van der Waals surface area contributed by atoms with Crippen molar-refractivity contribution in [2.45, 2.75) is 70.1 Å². The number of hydrogen-bond acceptors (Lipinski definition) is 5. The van der Waals surface area contributed by atoms with Crippen LogP contribution in [0.5, 0.6) is 0 Å². The largest absolute Gasteiger partial charge is 0.367 e. The lowest BCUT2D eigenvalue weighted by molar-refractivity contribution is -0.0944. The number of aryl methyl sites for hydroxylation is 3. The van der Waals surface area contributed by atoms with Gasteiger partial charge in [0.25, 0.3) is 0 Å². The van der Waals surface area contributed by atoms with Gasteiger partial charge in [0.2, 0.25) is 0 Å². The van der Waals surface area contributed by atoms with Gasteiger partial charge in [-0.05, 0) is 69.7 Å². The second kappa shape index (κ2) is 9.61. The zero-order chi connectivity index (χ0) is 22.9. The number of hydrogen-bond donors (Lipinski definition) is 0. The van der Waals surface area contributed by atoms with Crippen LogP contribution in [-0.4, -0.2) is 45.1 Å². The molecule has 7 heteroatoms. The summed E-state index contributed by atoms with van der Waals surface area (Å²) < 4.78 is 13.9. The van der Waals surface area contributed by atoms with Crippen LogP contribution in [0.3, 0.4) is 0 Å². The smallest absolute Gasteiger partial charge is 0.167 e. The molecule has 0 amide bonds. The summed E-state index contributed by atoms with van der Waals surface area (Å²) in [6.45, 7) is 5.61. The lowest BCUT2D eigenvalue weighted by atomic mass is 9.82. The van der Waals surface area contributed by atoms with E-state index < -0.39 is 0 Å². The number of halogens is 1. The molecule has 1 aromatic carbocycles. The second-order valence-corrected chi connectivity index (χ2v) is 10.1. The maximum absolute atomic E-state index is 6.30. The Hall–Kier alpha value is -2.15. The highest BCUT2D eigenvalue weighted by molar-refractivity contribution is 6.30. The standard InChI is InChI=1S/C26H33ClN4O2/c1-17-12-25(33-29-17)26-15-31(23(16-32-26)14-19-4-8-21(27)9-5-19)22-10-6-20(7-11-22)24-13-18(2)30(3)28-24/h4-5,8-9,12-13,20,22-23,26H,6-7,10-11,14-16H2,1-3H3. The van der Waals surface area contributed by atoms with E-state index in [-0.39, 0.29) is 6.10 Å². The van der Waals surface area contributed by atoms with Crippen LogP contribution in [-0.2, 0) is 18.2 Å². The third-order valence-electron chi connectivity index (χ3n) is 7.40. The van der Waals surface area contributed by atoms with Crippen LogP contribution < -0.4 is 0 Å². The van der Waals surface area contributed by atoms with Crippen molar-refractivity contribution in [3.8, 4) is 0 Å². The van der Waals surface area contributed by atoms with Crippen molar-refractivity contribution >= 4 is 11.6 Å². The first-order valence-electron chi connectivity index (χ1n) is 12.0. The highest BCUT2D eigenvalue weighted by Crippen LogP contribution is 2.38. The van der Waals surface area contributed by atoms with Crippen molar-refractivity contribution in [1.82, 2.24) is 19.8 Å². The van der Waals surface area contributed by atoms with E-state index in [1.54, 1.807) is 0 Å². The van der Waals surface area contributed by atoms with Crippen molar-refractivity contribution in [2.24, 2.45) is 7.05 Å². The second-order valence-electron chi connectivity index (χ2n) is 9.71. The molecule has 0 bridgehead atoms. The van der Waals surface area contributed by atoms with E-state index >= 15 is 0 Å². The van der Waals surface area contributed by atoms with Crippen molar-refractivity contribution in [2.75, 3.05) is 13.2 Å². The Balaban J connectivity index is 1.31. The molecule has 1 saturated heterocycles. The van der Waals surface area contributed by atoms with Crippen LogP contribution in [0.15, 0.2) is 40.9 Å². The molecule has 0 N–H and O–H groups in total. The molecule has 3 aromatic rings. The van der Waals surface area contributed by atoms with Gasteiger partial charge >= 0.3 is 0 Å². The molecular weight excluding hydrogens is 436 g/mol. The maximum Gasteiger partial charge on any atom is 0.167 e. The molecule has 176 valence electrons. The zero-order valence-electron chi connectivity index (χ0n) is 19.7. The molecule has 2 unspecified atom stereocenters. The molecule has 33 heavy (non-hydrogen) atoms. The minimum Gasteiger partial charge on any atom is -0.367 e. The van der Waals surface area contributed by atoms with Gasteiger partial charge in [-0.15, -0.1) is 0 Å². The van der Waals surface area contributed by atoms with Gasteiger partial charge in [0.1, 0.15) is 6.10 Å². The first kappa shape index (κ1) is 22.6. The fraction of sp³-hybridized carbons (Fsp3) is 0.538. The number of morpholine rings is 1. The highest BCUT2D eigenvalue weighted by atomic mass is 35.5. The number of benzene rings is 1. The Morgan fingerprint density at radius 2 is 1.82 bits per heavy atom. The van der Waals surface area contributed by atoms with Crippen molar-refractivity contribution in [3.05, 3.63) is 69.8 Å². The molecule has 1 aliphatic heterocycles. The molecule has 6 nitrogen and oxygen atoms in total. The zero-order valence-corrected chi connectivity index (χ0v) is 20.5. The highest BCUT2D eigenvalue weighted by Gasteiger charge is 2.37. The van der Waals surface area contributed by atoms with Gasteiger partial charge < -0.3 is 9.26 Å². The first-order valence-corrected chi connectivity index (χ1v) is 12.4. The normalized spacial score (nSPS) is 26.5. The number of ether oxygens (including phenoxy) is 1. The van der Waals surface area contributed by atoms with E-state index in [9.17, 15) is 0 Å². The summed E-state index contributed by atoms with van der Waals surface area (Å²) in [7, 11) is 2.03. The Morgan fingerprint density at radius 3 is 2.45 bits per heavy atom. The molecule has 0 radical (unpaired) electrons. The van der Waals surface area contributed by atoms with Gasteiger partial charge in [-0.1, -0.05) is 28.9 Å². The van der Waals surface area contributed by atoms with Crippen LogP contribution >= 0.6 is 11.6 Å². The fourth-order valence-electron chi connectivity index (χ4n) is 5.43. The van der Waals surface area contributed by atoms with Crippen LogP contribution in [0.4, 0.5) is 0 Å². The van der Waals surface area contributed by atoms with Crippen LogP contribution in [0.1, 0.15) is 66.1 Å². The summed E-state index contributed by atoms with van der Waals surface area (Å²) >= 11 is 6.11. The molecule has 2 aliphatic rings. The number of nitrogens with zero attached hydrogens (tertiary/aromatic N) is 4. The lowest BCUT2D eigenvalue weighted by Crippen LogP contribution is -2.53. The summed E-state index contributed by atoms with van der Waals surface area (Å²) in [4.78, 5) is 2.68. The van der Waals surface area contributed by atoms with Crippen LogP contribution in [0, 0.1) is 13.8 Å². The summed E-state index contributed by atoms with van der Waals surface area (Å²) in [5.74, 6) is 1.39. The molecular formula is C26H33ClN4O2. The topological polar surface area (TPSA) is 56.3 Å². The third-order valence-corrected chi connectivity index (χ3v) is 7.65. The summed E-state index contributed by atoms with van der Waals surface area (Å²) in [6.07, 6.45) is 5.61. The lowest BCUT2D eigenvalue weighted by Gasteiger charge is -2.45. The van der Waals surface area contributed by atoms with E-state index in [0.29, 0.717) is 24.6 Å². The Kier molecular flexibility index (Phi) is 6.59. The van der Waals surface area contributed by atoms with Gasteiger partial charge in [-0.3, -0.25) is 9.58 Å². The van der Waals surface area contributed by atoms with E-state index in [1.807, 2.05) is 36.9 Å². The van der Waals surface area contributed by atoms with Crippen molar-refractivity contribution in [3.63, 3.8) is 0 Å². The first-order chi connectivity index (χ1) is 16.0. The molecule has 2 atom stereocenters. The SMILES string of the molecule is Cc1cc(C2CN(C3CCC(c4cc(C)n(C)n4)CC3)C(Cc3ccc(Cl)cc3)CO2)on1. The Labute approximate surface area is 200 Å². The Morgan fingerprint density at radius 1 is 1.06 bits per heavy atom. The minimum absolute atomic E-state index is 0.0659. The van der Waals surface area contributed by atoms with Gasteiger partial charge in [0.15, 0.2) is 5.76 Å². The van der Waals surface area contributed by atoms with Gasteiger partial charge in [-0.2, -0.15) is 5.10 Å². The summed E-state index contributed by atoms with van der Waals surface area (Å²) in [6, 6.07) is 13.4. The van der Waals surface area contributed by atoms with E-state index in [2.05, 4.69) is 35.2 Å². The molecule has 0 spiro atoms. The average Bonchev–Trinajstić information content (AvgIpc) is 3.41. The van der Waals surface area contributed by atoms with Gasteiger partial charge in [-0.25, -0.2) is 0 Å². The molecule has 2 fully saturated rings. The third kappa shape index (κ3) is 5.03. The number of rotatable bonds is 5. The van der Waals surface area contributed by atoms with E-state index in [1.165, 1.54) is 42.6 Å². The maximum atomic E-state index is 6.30. The molecule has 5 rings (SSSR count). The van der Waals surface area contributed by atoms with Crippen LogP contribution in [0.2, 0.25) is 5.02 Å². The minimum atomic E-state index is -0.0659. The van der Waals surface area contributed by atoms with E-state index in [0.717, 1.165) is 29.4 Å². The molecule has 1 aliphatic carbocycles. The van der Waals surface area contributed by atoms with Crippen molar-refractivity contribution in [1.29, 1.82) is 0 Å². The quantitative estimate of drug-likeness (QED) is 0.502. The van der Waals surface area contributed by atoms with Gasteiger partial charge in [0.05, 0.1) is 18.0 Å². The number of aromatic nitrogens is 3. The average molecular weight is 469 g/mol. The Bertz CT molecular complexity index is 1050. The fourth-order valence-corrected chi connectivity index (χ4v) is 5.56. The summed E-state index contributed by atoms with van der Waals surface area (Å²) in [5, 5.41) is 9.62.